The fraction of sp³-hybridized carbons (Fsp3) is 0.400. The van der Waals surface area contributed by atoms with Crippen LogP contribution in [0.4, 0.5) is 5.69 Å². The molecule has 1 saturated carbocycles. The van der Waals surface area contributed by atoms with E-state index in [2.05, 4.69) is 0 Å². The summed E-state index contributed by atoms with van der Waals surface area (Å²) in [6, 6.07) is 11.9. The molecule has 2 aliphatic heterocycles. The molecule has 214 valence electrons. The zero-order chi connectivity index (χ0) is 29.4. The van der Waals surface area contributed by atoms with E-state index in [1.165, 1.54) is 11.9 Å². The predicted molar refractivity (Wildman–Crippen MR) is 153 cm³/mol. The summed E-state index contributed by atoms with van der Waals surface area (Å²) in [6.07, 6.45) is 2.08. The molecule has 6 atom stereocenters. The monoisotopic (exact) mass is 616 g/mol. The minimum atomic E-state index is -1.85. The van der Waals surface area contributed by atoms with E-state index in [4.69, 9.17) is 44.6 Å². The molecule has 6 rings (SSSR count). The van der Waals surface area contributed by atoms with E-state index in [0.29, 0.717) is 27.6 Å². The van der Waals surface area contributed by atoms with Gasteiger partial charge in [0.05, 0.1) is 24.1 Å². The minimum Gasteiger partial charge on any atom is -0.491 e. The second-order valence-corrected chi connectivity index (χ2v) is 12.7. The minimum absolute atomic E-state index is 0.0737. The van der Waals surface area contributed by atoms with E-state index < -0.39 is 51.1 Å². The number of amides is 4. The van der Waals surface area contributed by atoms with Crippen molar-refractivity contribution in [3.8, 4) is 5.75 Å². The summed E-state index contributed by atoms with van der Waals surface area (Å²) >= 11 is 20.7. The van der Waals surface area contributed by atoms with Crippen LogP contribution in [-0.2, 0) is 19.2 Å². The number of hydrogen-bond acceptors (Lipinski definition) is 6. The molecule has 2 aliphatic carbocycles. The van der Waals surface area contributed by atoms with Crippen LogP contribution in [0.3, 0.4) is 0 Å². The highest BCUT2D eigenvalue weighted by molar-refractivity contribution is 6.53. The molecule has 0 radical (unpaired) electrons. The lowest BCUT2D eigenvalue weighted by molar-refractivity contribution is -0.138. The topological polar surface area (TPSA) is 104 Å². The lowest BCUT2D eigenvalue weighted by Crippen LogP contribution is -2.60. The molecule has 11 heteroatoms. The van der Waals surface area contributed by atoms with Crippen LogP contribution in [-0.4, -0.2) is 63.6 Å². The fourth-order valence-corrected chi connectivity index (χ4v) is 8.21. The van der Waals surface area contributed by atoms with E-state index in [1.807, 2.05) is 13.0 Å². The van der Waals surface area contributed by atoms with Gasteiger partial charge in [-0.05, 0) is 61.1 Å². The first-order chi connectivity index (χ1) is 19.5. The number of carbonyl (C=O) groups excluding carboxylic acids is 4. The molecular formula is C30H27Cl3N2O6. The Hall–Kier alpha value is -2.91. The summed E-state index contributed by atoms with van der Waals surface area (Å²) in [7, 11) is 1.36. The molecule has 0 unspecified atom stereocenters. The van der Waals surface area contributed by atoms with Gasteiger partial charge in [0.1, 0.15) is 12.4 Å². The molecular weight excluding hydrogens is 591 g/mol. The highest BCUT2D eigenvalue weighted by Gasteiger charge is 2.75. The lowest BCUT2D eigenvalue weighted by atomic mass is 9.56. The predicted octanol–water partition coefficient (Wildman–Crippen LogP) is 4.21. The smallest absolute Gasteiger partial charge is 0.253 e. The normalized spacial score (nSPS) is 32.6. The number of halogens is 3. The number of ether oxygens (including phenoxy) is 1. The van der Waals surface area contributed by atoms with E-state index in [1.54, 1.807) is 42.5 Å². The first-order valence-corrected chi connectivity index (χ1v) is 14.5. The van der Waals surface area contributed by atoms with Crippen LogP contribution in [0.5, 0.6) is 5.75 Å². The van der Waals surface area contributed by atoms with Crippen LogP contribution in [0.2, 0.25) is 5.02 Å². The Morgan fingerprint density at radius 3 is 2.37 bits per heavy atom. The van der Waals surface area contributed by atoms with Gasteiger partial charge in [0.15, 0.2) is 9.75 Å². The van der Waals surface area contributed by atoms with Crippen molar-refractivity contribution >= 4 is 64.1 Å². The third kappa shape index (κ3) is 3.84. The van der Waals surface area contributed by atoms with Crippen LogP contribution in [0.1, 0.15) is 29.9 Å². The molecule has 0 aromatic heterocycles. The van der Waals surface area contributed by atoms with Crippen LogP contribution in [0, 0.1) is 24.7 Å². The summed E-state index contributed by atoms with van der Waals surface area (Å²) in [6.45, 7) is 1.79. The quantitative estimate of drug-likeness (QED) is 0.306. The molecule has 4 aliphatic rings. The third-order valence-corrected chi connectivity index (χ3v) is 10.8. The van der Waals surface area contributed by atoms with Crippen molar-refractivity contribution in [1.29, 1.82) is 0 Å². The highest BCUT2D eigenvalue weighted by Crippen LogP contribution is 2.65. The highest BCUT2D eigenvalue weighted by atomic mass is 35.5. The molecule has 2 heterocycles. The molecule has 2 aromatic carbocycles. The summed E-state index contributed by atoms with van der Waals surface area (Å²) in [5, 5.41) is 9.53. The third-order valence-electron chi connectivity index (χ3n) is 9.00. The number of likely N-dealkylation sites (tertiary alicyclic amines) is 1. The number of allylic oxidation sites excluding steroid dienone is 2. The number of aryl methyl sites for hydroxylation is 1. The maximum atomic E-state index is 14.0. The number of hydrogen-bond donors (Lipinski definition) is 1. The van der Waals surface area contributed by atoms with Gasteiger partial charge in [-0.1, -0.05) is 41.4 Å². The Bertz CT molecular complexity index is 1530. The van der Waals surface area contributed by atoms with Crippen LogP contribution in [0.15, 0.2) is 54.1 Å². The summed E-state index contributed by atoms with van der Waals surface area (Å²) in [4.78, 5) is 53.3. The molecule has 1 N–H and O–H groups in total. The molecule has 8 nitrogen and oxygen atoms in total. The van der Waals surface area contributed by atoms with Gasteiger partial charge in [0.2, 0.25) is 11.8 Å². The molecule has 2 aromatic rings. The van der Waals surface area contributed by atoms with Crippen LogP contribution >= 0.6 is 34.8 Å². The first-order valence-electron chi connectivity index (χ1n) is 13.3. The van der Waals surface area contributed by atoms with E-state index in [-0.39, 0.29) is 32.0 Å². The zero-order valence-electron chi connectivity index (χ0n) is 22.3. The van der Waals surface area contributed by atoms with Gasteiger partial charge < -0.3 is 9.84 Å². The summed E-state index contributed by atoms with van der Waals surface area (Å²) in [5.41, 5.74) is 2.53. The average molecular weight is 618 g/mol. The molecule has 2 saturated heterocycles. The van der Waals surface area contributed by atoms with Crippen LogP contribution < -0.4 is 9.64 Å². The van der Waals surface area contributed by atoms with Gasteiger partial charge in [0.25, 0.3) is 11.8 Å². The first kappa shape index (κ1) is 28.2. The Labute approximate surface area is 251 Å². The molecule has 4 amide bonds. The largest absolute Gasteiger partial charge is 0.491 e. The molecule has 41 heavy (non-hydrogen) atoms. The Balaban J connectivity index is 1.46. The lowest BCUT2D eigenvalue weighted by Gasteiger charge is -2.50. The van der Waals surface area contributed by atoms with Crippen molar-refractivity contribution in [2.75, 3.05) is 25.2 Å². The number of alkyl halides is 2. The number of rotatable bonds is 5. The van der Waals surface area contributed by atoms with Gasteiger partial charge in [-0.25, -0.2) is 4.90 Å². The standard InChI is InChI=1S/C30H27Cl3N2O6/c1-15-3-6-17(13-22(15)31)35-25(37)20-10-9-19-21(23(20)26(35)38)14-29(32)27(39)34(2)28(40)30(29,33)24(19)16-4-7-18(8-5-16)41-12-11-36/h3-9,13,20-21,23-24,36H,10-12,14H2,1-2H3/t20-,21+,23-,24-,29+,30-/m0/s1. The van der Waals surface area contributed by atoms with Gasteiger partial charge in [0, 0.05) is 18.0 Å². The van der Waals surface area contributed by atoms with Gasteiger partial charge >= 0.3 is 0 Å². The van der Waals surface area contributed by atoms with E-state index >= 15 is 0 Å². The molecule has 3 fully saturated rings. The fourth-order valence-electron chi connectivity index (χ4n) is 7.01. The van der Waals surface area contributed by atoms with Crippen molar-refractivity contribution in [2.24, 2.45) is 17.8 Å². The van der Waals surface area contributed by atoms with Crippen LogP contribution in [0.25, 0.3) is 0 Å². The van der Waals surface area contributed by atoms with Gasteiger partial charge in [-0.2, -0.15) is 0 Å². The number of imide groups is 2. The second kappa shape index (κ2) is 9.83. The Morgan fingerprint density at radius 1 is 1.00 bits per heavy atom. The number of benzene rings is 2. The SMILES string of the molecule is Cc1ccc(N2C(=O)[C@H]3[C@H](CC=C4[C@H]3C[C@@]3(Cl)C(=O)N(C)C(=O)[C@@]3(Cl)[C@H]4c3ccc(OCCO)cc3)C2=O)cc1Cl. The summed E-state index contributed by atoms with van der Waals surface area (Å²) in [5.74, 6) is -4.38. The van der Waals surface area contributed by atoms with Crippen molar-refractivity contribution < 1.29 is 29.0 Å². The number of nitrogens with zero attached hydrogens (tertiary/aromatic N) is 2. The van der Waals surface area contributed by atoms with Crippen molar-refractivity contribution in [3.05, 3.63) is 70.3 Å². The second-order valence-electron chi connectivity index (χ2n) is 11.1. The summed E-state index contributed by atoms with van der Waals surface area (Å²) < 4.78 is 5.49. The number of fused-ring (bicyclic) bond motifs is 4. The number of carbonyl (C=O) groups is 4. The van der Waals surface area contributed by atoms with Crippen molar-refractivity contribution in [3.63, 3.8) is 0 Å². The number of aliphatic hydroxyl groups is 1. The maximum Gasteiger partial charge on any atom is 0.253 e. The maximum absolute atomic E-state index is 14.0. The van der Waals surface area contributed by atoms with Crippen molar-refractivity contribution in [2.45, 2.75) is 35.4 Å². The molecule has 0 bridgehead atoms. The van der Waals surface area contributed by atoms with Gasteiger partial charge in [-0.3, -0.25) is 24.1 Å². The Morgan fingerprint density at radius 2 is 1.71 bits per heavy atom. The van der Waals surface area contributed by atoms with E-state index in [9.17, 15) is 19.2 Å². The van der Waals surface area contributed by atoms with E-state index in [0.717, 1.165) is 10.5 Å². The number of anilines is 1. The average Bonchev–Trinajstić information content (AvgIpc) is 3.28. The Kier molecular flexibility index (Phi) is 6.77. The van der Waals surface area contributed by atoms with Crippen molar-refractivity contribution in [1.82, 2.24) is 4.90 Å². The number of aliphatic hydroxyl groups excluding tert-OH is 1. The zero-order valence-corrected chi connectivity index (χ0v) is 24.5. The molecule has 0 spiro atoms. The van der Waals surface area contributed by atoms with Gasteiger partial charge in [-0.15, -0.1) is 23.2 Å².